The van der Waals surface area contributed by atoms with Crippen LogP contribution in [0, 0.1) is 5.95 Å². The van der Waals surface area contributed by atoms with Crippen molar-refractivity contribution in [2.24, 2.45) is 0 Å². The largest absolute Gasteiger partial charge is 0.573 e. The Hall–Kier alpha value is -1.90. The molecule has 0 amide bonds. The summed E-state index contributed by atoms with van der Waals surface area (Å²) in [6, 6.07) is 4.86. The minimum Gasteiger partial charge on any atom is -0.405 e. The van der Waals surface area contributed by atoms with Crippen molar-refractivity contribution >= 4 is 27.4 Å². The fraction of sp³-hybridized carbons (Fsp3) is 0.0909. The first kappa shape index (κ1) is 14.5. The van der Waals surface area contributed by atoms with Gasteiger partial charge < -0.3 is 10.1 Å². The van der Waals surface area contributed by atoms with Gasteiger partial charge in [0.1, 0.15) is 17.9 Å². The number of alkyl halides is 3. The van der Waals surface area contributed by atoms with E-state index in [9.17, 15) is 17.6 Å². The third-order valence-electron chi connectivity index (χ3n) is 2.06. The van der Waals surface area contributed by atoms with Crippen LogP contribution in [0.4, 0.5) is 29.1 Å². The molecule has 1 N–H and O–H groups in total. The number of hydrogen-bond acceptors (Lipinski definition) is 4. The number of benzene rings is 1. The second-order valence-electron chi connectivity index (χ2n) is 3.54. The molecule has 0 fully saturated rings. The summed E-state index contributed by atoms with van der Waals surface area (Å²) in [5.74, 6) is -0.926. The molecule has 0 saturated carbocycles. The second-order valence-corrected chi connectivity index (χ2v) is 4.40. The summed E-state index contributed by atoms with van der Waals surface area (Å²) in [7, 11) is 0. The number of ether oxygens (including phenoxy) is 1. The molecule has 0 aliphatic carbocycles. The van der Waals surface area contributed by atoms with Crippen LogP contribution in [0.5, 0.6) is 5.75 Å². The van der Waals surface area contributed by atoms with Crippen LogP contribution in [0.2, 0.25) is 0 Å². The molecule has 0 spiro atoms. The summed E-state index contributed by atoms with van der Waals surface area (Å²) in [5, 5.41) is 2.72. The Kier molecular flexibility index (Phi) is 4.07. The third kappa shape index (κ3) is 4.05. The van der Waals surface area contributed by atoms with Gasteiger partial charge in [0.15, 0.2) is 0 Å². The summed E-state index contributed by atoms with van der Waals surface area (Å²) < 4.78 is 53.0. The highest BCUT2D eigenvalue weighted by atomic mass is 79.9. The molecule has 1 aromatic carbocycles. The maximum Gasteiger partial charge on any atom is 0.573 e. The van der Waals surface area contributed by atoms with E-state index in [1.54, 1.807) is 0 Å². The lowest BCUT2D eigenvalue weighted by Gasteiger charge is -2.12. The Morgan fingerprint density at radius 2 is 1.90 bits per heavy atom. The van der Waals surface area contributed by atoms with E-state index in [-0.39, 0.29) is 16.0 Å². The molecule has 9 heteroatoms. The summed E-state index contributed by atoms with van der Waals surface area (Å²) >= 11 is 2.96. The Morgan fingerprint density at radius 3 is 2.50 bits per heavy atom. The maximum atomic E-state index is 12.9. The van der Waals surface area contributed by atoms with Crippen molar-refractivity contribution in [2.45, 2.75) is 6.36 Å². The van der Waals surface area contributed by atoms with Gasteiger partial charge in [0, 0.05) is 11.8 Å². The lowest BCUT2D eigenvalue weighted by atomic mass is 10.3. The van der Waals surface area contributed by atoms with Crippen LogP contribution >= 0.6 is 15.9 Å². The topological polar surface area (TPSA) is 47.0 Å². The van der Waals surface area contributed by atoms with Gasteiger partial charge in [-0.15, -0.1) is 13.2 Å². The minimum atomic E-state index is -4.77. The number of rotatable bonds is 3. The smallest absolute Gasteiger partial charge is 0.405 e. The Morgan fingerprint density at radius 1 is 1.15 bits per heavy atom. The second kappa shape index (κ2) is 5.61. The third-order valence-corrected chi connectivity index (χ3v) is 2.68. The van der Waals surface area contributed by atoms with Gasteiger partial charge in [0.05, 0.1) is 4.47 Å². The molecule has 0 aliphatic heterocycles. The minimum absolute atomic E-state index is 0.0920. The fourth-order valence-corrected chi connectivity index (χ4v) is 1.80. The van der Waals surface area contributed by atoms with Crippen LogP contribution in [0.15, 0.2) is 35.1 Å². The molecule has 20 heavy (non-hydrogen) atoms. The SMILES string of the molecule is Fc1cc(Nc2ccc(OC(F)(F)F)c(Br)c2)ncn1. The number of hydrogen-bond donors (Lipinski definition) is 1. The van der Waals surface area contributed by atoms with Crippen LogP contribution in [0.1, 0.15) is 0 Å². The molecule has 4 nitrogen and oxygen atoms in total. The van der Waals surface area contributed by atoms with Gasteiger partial charge >= 0.3 is 6.36 Å². The molecule has 1 aromatic heterocycles. The zero-order valence-electron chi connectivity index (χ0n) is 9.58. The molecule has 0 aliphatic rings. The van der Waals surface area contributed by atoms with Gasteiger partial charge in [-0.3, -0.25) is 0 Å². The van der Waals surface area contributed by atoms with Crippen LogP contribution in [-0.4, -0.2) is 16.3 Å². The average molecular weight is 352 g/mol. The van der Waals surface area contributed by atoms with Gasteiger partial charge in [-0.2, -0.15) is 4.39 Å². The molecule has 0 atom stereocenters. The van der Waals surface area contributed by atoms with Gasteiger partial charge in [-0.25, -0.2) is 9.97 Å². The monoisotopic (exact) mass is 351 g/mol. The lowest BCUT2D eigenvalue weighted by molar-refractivity contribution is -0.274. The molecule has 1 heterocycles. The van der Waals surface area contributed by atoms with E-state index in [1.807, 2.05) is 0 Å². The number of aromatic nitrogens is 2. The average Bonchev–Trinajstić information content (AvgIpc) is 2.31. The van der Waals surface area contributed by atoms with Crippen molar-refractivity contribution in [2.75, 3.05) is 5.32 Å². The summed E-state index contributed by atoms with van der Waals surface area (Å²) in [4.78, 5) is 7.04. The van der Waals surface area contributed by atoms with E-state index in [0.717, 1.165) is 18.5 Å². The van der Waals surface area contributed by atoms with Crippen LogP contribution in [0.3, 0.4) is 0 Å². The summed E-state index contributed by atoms with van der Waals surface area (Å²) in [5.41, 5.74) is 0.407. The Labute approximate surface area is 118 Å². The van der Waals surface area contributed by atoms with Crippen LogP contribution in [-0.2, 0) is 0 Å². The number of nitrogens with one attached hydrogen (secondary N) is 1. The molecular weight excluding hydrogens is 346 g/mol. The predicted octanol–water partition coefficient (Wildman–Crippen LogP) is 4.02. The Bertz CT molecular complexity index is 621. The van der Waals surface area contributed by atoms with E-state index >= 15 is 0 Å². The maximum absolute atomic E-state index is 12.9. The molecule has 0 saturated heterocycles. The predicted molar refractivity (Wildman–Crippen MR) is 66.1 cm³/mol. The molecule has 2 rings (SSSR count). The molecule has 106 valence electrons. The normalized spacial score (nSPS) is 11.2. The van der Waals surface area contributed by atoms with E-state index in [2.05, 4.69) is 36.0 Å². The van der Waals surface area contributed by atoms with Gasteiger partial charge in [-0.05, 0) is 34.1 Å². The van der Waals surface area contributed by atoms with Gasteiger partial charge in [0.2, 0.25) is 5.95 Å². The fourth-order valence-electron chi connectivity index (χ4n) is 1.34. The van der Waals surface area contributed by atoms with Crippen molar-refractivity contribution in [1.29, 1.82) is 0 Å². The zero-order valence-corrected chi connectivity index (χ0v) is 11.2. The van der Waals surface area contributed by atoms with E-state index in [1.165, 1.54) is 12.1 Å². The molecule has 0 radical (unpaired) electrons. The molecular formula is C11H6BrF4N3O. The summed E-state index contributed by atoms with van der Waals surface area (Å²) in [6.07, 6.45) is -3.75. The molecule has 0 bridgehead atoms. The van der Waals surface area contributed by atoms with Gasteiger partial charge in [-0.1, -0.05) is 0 Å². The highest BCUT2D eigenvalue weighted by Gasteiger charge is 2.31. The highest BCUT2D eigenvalue weighted by Crippen LogP contribution is 2.33. The van der Waals surface area contributed by atoms with Crippen LogP contribution < -0.4 is 10.1 Å². The first-order valence-corrected chi connectivity index (χ1v) is 5.93. The highest BCUT2D eigenvalue weighted by molar-refractivity contribution is 9.10. The lowest BCUT2D eigenvalue weighted by Crippen LogP contribution is -2.17. The van der Waals surface area contributed by atoms with Crippen molar-refractivity contribution in [3.05, 3.63) is 41.0 Å². The van der Waals surface area contributed by atoms with Gasteiger partial charge in [0.25, 0.3) is 0 Å². The van der Waals surface area contributed by atoms with E-state index < -0.39 is 12.3 Å². The molecule has 2 aromatic rings. The van der Waals surface area contributed by atoms with E-state index in [4.69, 9.17) is 0 Å². The standard InChI is InChI=1S/C11H6BrF4N3O/c12-7-3-6(1-2-8(7)20-11(14,15)16)19-10-4-9(13)17-5-18-10/h1-5H,(H,17,18,19). The quantitative estimate of drug-likeness (QED) is 0.670. The van der Waals surface area contributed by atoms with Crippen molar-refractivity contribution < 1.29 is 22.3 Å². The molecule has 0 unspecified atom stereocenters. The Balaban J connectivity index is 2.17. The first-order valence-electron chi connectivity index (χ1n) is 5.13. The van der Waals surface area contributed by atoms with Crippen molar-refractivity contribution in [3.8, 4) is 5.75 Å². The first-order chi connectivity index (χ1) is 9.33. The van der Waals surface area contributed by atoms with Crippen molar-refractivity contribution in [3.63, 3.8) is 0 Å². The van der Waals surface area contributed by atoms with Crippen molar-refractivity contribution in [1.82, 2.24) is 9.97 Å². The summed E-state index contributed by atoms with van der Waals surface area (Å²) in [6.45, 7) is 0. The zero-order chi connectivity index (χ0) is 14.8. The number of halogens is 5. The van der Waals surface area contributed by atoms with E-state index in [0.29, 0.717) is 5.69 Å². The number of anilines is 2. The van der Waals surface area contributed by atoms with Crippen LogP contribution in [0.25, 0.3) is 0 Å². The number of nitrogens with zero attached hydrogens (tertiary/aromatic N) is 2.